The van der Waals surface area contributed by atoms with Crippen molar-refractivity contribution in [3.63, 3.8) is 0 Å². The Hall–Kier alpha value is -2.05. The minimum Gasteiger partial charge on any atom is -0.408 e. The lowest BCUT2D eigenvalue weighted by molar-refractivity contribution is 0.102. The monoisotopic (exact) mass is 366 g/mol. The number of rotatable bonds is 2. The summed E-state index contributed by atoms with van der Waals surface area (Å²) in [5.41, 5.74) is 1.92. The number of amides is 1. The van der Waals surface area contributed by atoms with E-state index in [-0.39, 0.29) is 5.91 Å². The number of halogens is 2. The third-order valence-electron chi connectivity index (χ3n) is 2.80. The summed E-state index contributed by atoms with van der Waals surface area (Å²) in [7, 11) is 0. The summed E-state index contributed by atoms with van der Waals surface area (Å²) in [5, 5.41) is 3.19. The van der Waals surface area contributed by atoms with Crippen molar-refractivity contribution in [3.05, 3.63) is 62.0 Å². The number of aromatic amines is 1. The summed E-state index contributed by atoms with van der Waals surface area (Å²) in [4.78, 5) is 25.8. The van der Waals surface area contributed by atoms with Crippen molar-refractivity contribution in [2.24, 2.45) is 0 Å². The Bertz CT molecular complexity index is 880. The molecule has 0 bridgehead atoms. The number of hydrogen-bond donors (Lipinski definition) is 2. The van der Waals surface area contributed by atoms with Gasteiger partial charge in [0.2, 0.25) is 0 Å². The highest BCUT2D eigenvalue weighted by molar-refractivity contribution is 9.10. The number of carbonyl (C=O) groups is 1. The highest BCUT2D eigenvalue weighted by atomic mass is 79.9. The second-order valence-electron chi connectivity index (χ2n) is 4.34. The number of nitrogens with one attached hydrogen (secondary N) is 2. The average molecular weight is 368 g/mol. The number of H-pyrrole nitrogens is 1. The summed E-state index contributed by atoms with van der Waals surface area (Å²) in [6.07, 6.45) is 0. The van der Waals surface area contributed by atoms with E-state index in [2.05, 4.69) is 26.2 Å². The van der Waals surface area contributed by atoms with Crippen LogP contribution in [0.2, 0.25) is 5.02 Å². The van der Waals surface area contributed by atoms with Gasteiger partial charge in [0.05, 0.1) is 5.52 Å². The molecule has 3 rings (SSSR count). The average Bonchev–Trinajstić information content (AvgIpc) is 2.77. The van der Waals surface area contributed by atoms with Crippen LogP contribution in [0.25, 0.3) is 11.1 Å². The normalized spacial score (nSPS) is 10.8. The Labute approximate surface area is 132 Å². The molecule has 0 aliphatic rings. The van der Waals surface area contributed by atoms with Crippen molar-refractivity contribution < 1.29 is 9.21 Å². The van der Waals surface area contributed by atoms with E-state index < -0.39 is 5.76 Å². The number of aromatic nitrogens is 1. The molecule has 3 aromatic rings. The molecule has 0 unspecified atom stereocenters. The molecule has 1 heterocycles. The van der Waals surface area contributed by atoms with E-state index in [1.54, 1.807) is 36.4 Å². The molecule has 5 nitrogen and oxygen atoms in total. The molecule has 0 aliphatic carbocycles. The van der Waals surface area contributed by atoms with Gasteiger partial charge in [-0.2, -0.15) is 0 Å². The topological polar surface area (TPSA) is 75.1 Å². The molecule has 1 amide bonds. The van der Waals surface area contributed by atoms with Crippen LogP contribution in [-0.4, -0.2) is 10.9 Å². The Kier molecular flexibility index (Phi) is 3.57. The molecule has 106 valence electrons. The summed E-state index contributed by atoms with van der Waals surface area (Å²) in [5.74, 6) is -0.837. The van der Waals surface area contributed by atoms with E-state index >= 15 is 0 Å². The summed E-state index contributed by atoms with van der Waals surface area (Å²) in [6.45, 7) is 0. The maximum Gasteiger partial charge on any atom is 0.417 e. The fourth-order valence-corrected chi connectivity index (χ4v) is 2.78. The zero-order valence-electron chi connectivity index (χ0n) is 10.4. The van der Waals surface area contributed by atoms with E-state index in [9.17, 15) is 9.59 Å². The van der Waals surface area contributed by atoms with Crippen molar-refractivity contribution >= 4 is 50.2 Å². The smallest absolute Gasteiger partial charge is 0.408 e. The first-order valence-electron chi connectivity index (χ1n) is 5.91. The molecule has 0 atom stereocenters. The lowest BCUT2D eigenvalue weighted by Gasteiger charge is -2.06. The minimum atomic E-state index is -0.535. The lowest BCUT2D eigenvalue weighted by atomic mass is 10.2. The molecule has 2 N–H and O–H groups in total. The van der Waals surface area contributed by atoms with Crippen molar-refractivity contribution in [2.45, 2.75) is 0 Å². The molecular weight excluding hydrogens is 360 g/mol. The van der Waals surface area contributed by atoms with E-state index in [4.69, 9.17) is 16.0 Å². The molecule has 1 aromatic heterocycles. The molecule has 0 radical (unpaired) electrons. The van der Waals surface area contributed by atoms with Crippen LogP contribution in [0.5, 0.6) is 0 Å². The number of benzene rings is 2. The molecule has 0 saturated heterocycles. The Morgan fingerprint density at radius 2 is 2.05 bits per heavy atom. The van der Waals surface area contributed by atoms with Crippen LogP contribution < -0.4 is 11.1 Å². The van der Waals surface area contributed by atoms with Crippen LogP contribution in [0.1, 0.15) is 10.4 Å². The molecular formula is C14H8BrClN2O3. The van der Waals surface area contributed by atoms with Gasteiger partial charge in [0.1, 0.15) is 0 Å². The predicted molar refractivity (Wildman–Crippen MR) is 83.9 cm³/mol. The van der Waals surface area contributed by atoms with E-state index in [0.29, 0.717) is 27.4 Å². The predicted octanol–water partition coefficient (Wildman–Crippen LogP) is 3.79. The summed E-state index contributed by atoms with van der Waals surface area (Å²) >= 11 is 9.20. The number of fused-ring (bicyclic) bond motifs is 1. The van der Waals surface area contributed by atoms with Crippen molar-refractivity contribution in [2.75, 3.05) is 5.32 Å². The number of anilines is 1. The summed E-state index contributed by atoms with van der Waals surface area (Å²) < 4.78 is 5.61. The molecule has 0 spiro atoms. The molecule has 0 saturated carbocycles. The van der Waals surface area contributed by atoms with Crippen LogP contribution in [-0.2, 0) is 0 Å². The van der Waals surface area contributed by atoms with E-state index in [1.807, 2.05) is 0 Å². The Balaban J connectivity index is 1.90. The fraction of sp³-hybridized carbons (Fsp3) is 0. The van der Waals surface area contributed by atoms with Gasteiger partial charge in [-0.05, 0) is 36.4 Å². The van der Waals surface area contributed by atoms with Crippen LogP contribution in [0.15, 0.2) is 50.1 Å². The quantitative estimate of drug-likeness (QED) is 0.723. The highest BCUT2D eigenvalue weighted by Gasteiger charge is 2.09. The van der Waals surface area contributed by atoms with Gasteiger partial charge >= 0.3 is 5.76 Å². The number of carbonyl (C=O) groups excluding carboxylic acids is 1. The number of oxazole rings is 1. The van der Waals surface area contributed by atoms with Gasteiger partial charge in [-0.3, -0.25) is 9.78 Å². The second-order valence-corrected chi connectivity index (χ2v) is 5.69. The standard InChI is InChI=1S/C14H8BrClN2O3/c15-8-3-7(4-9(16)5-8)13(19)17-10-1-2-12-11(6-10)18-14(20)21-12/h1-6H,(H,17,19)(H,18,20). The summed E-state index contributed by atoms with van der Waals surface area (Å²) in [6, 6.07) is 9.81. The maximum absolute atomic E-state index is 12.2. The van der Waals surface area contributed by atoms with Crippen molar-refractivity contribution in [1.29, 1.82) is 0 Å². The molecule has 7 heteroatoms. The van der Waals surface area contributed by atoms with Gasteiger partial charge in [-0.15, -0.1) is 0 Å². The van der Waals surface area contributed by atoms with Gasteiger partial charge in [-0.1, -0.05) is 27.5 Å². The van der Waals surface area contributed by atoms with Gasteiger partial charge in [-0.25, -0.2) is 4.79 Å². The van der Waals surface area contributed by atoms with Crippen molar-refractivity contribution in [1.82, 2.24) is 4.98 Å². The largest absolute Gasteiger partial charge is 0.417 e. The molecule has 21 heavy (non-hydrogen) atoms. The molecule has 0 fully saturated rings. The zero-order valence-corrected chi connectivity index (χ0v) is 12.8. The first-order chi connectivity index (χ1) is 10.0. The SMILES string of the molecule is O=C(Nc1ccc2oc(=O)[nH]c2c1)c1cc(Cl)cc(Br)c1. The lowest BCUT2D eigenvalue weighted by Crippen LogP contribution is -2.11. The Morgan fingerprint density at radius 1 is 1.24 bits per heavy atom. The highest BCUT2D eigenvalue weighted by Crippen LogP contribution is 2.21. The Morgan fingerprint density at radius 3 is 2.81 bits per heavy atom. The van der Waals surface area contributed by atoms with Crippen LogP contribution in [0.4, 0.5) is 5.69 Å². The fourth-order valence-electron chi connectivity index (χ4n) is 1.92. The van der Waals surface area contributed by atoms with Gasteiger partial charge in [0, 0.05) is 20.7 Å². The van der Waals surface area contributed by atoms with Crippen LogP contribution in [0.3, 0.4) is 0 Å². The zero-order chi connectivity index (χ0) is 15.0. The minimum absolute atomic E-state index is 0.302. The van der Waals surface area contributed by atoms with Gasteiger partial charge in [0.15, 0.2) is 5.58 Å². The first-order valence-corrected chi connectivity index (χ1v) is 7.09. The molecule has 0 aliphatic heterocycles. The van der Waals surface area contributed by atoms with E-state index in [0.717, 1.165) is 4.47 Å². The van der Waals surface area contributed by atoms with Crippen LogP contribution >= 0.6 is 27.5 Å². The third-order valence-corrected chi connectivity index (χ3v) is 3.48. The van der Waals surface area contributed by atoms with Crippen molar-refractivity contribution in [3.8, 4) is 0 Å². The van der Waals surface area contributed by atoms with Gasteiger partial charge in [0.25, 0.3) is 5.91 Å². The van der Waals surface area contributed by atoms with E-state index in [1.165, 1.54) is 0 Å². The second kappa shape index (κ2) is 5.38. The van der Waals surface area contributed by atoms with Gasteiger partial charge < -0.3 is 9.73 Å². The number of hydrogen-bond acceptors (Lipinski definition) is 3. The molecule has 2 aromatic carbocycles. The maximum atomic E-state index is 12.2. The third kappa shape index (κ3) is 3.01. The first kappa shape index (κ1) is 13.9. The van der Waals surface area contributed by atoms with Crippen LogP contribution in [0, 0.1) is 0 Å².